The molecule has 120 valence electrons. The van der Waals surface area contributed by atoms with Gasteiger partial charge < -0.3 is 10.1 Å². The largest absolute Gasteiger partial charge is 0.493 e. The van der Waals surface area contributed by atoms with Gasteiger partial charge in [-0.2, -0.15) is 0 Å². The van der Waals surface area contributed by atoms with Gasteiger partial charge in [-0.15, -0.1) is 12.4 Å². The first-order valence-corrected chi connectivity index (χ1v) is 7.84. The summed E-state index contributed by atoms with van der Waals surface area (Å²) in [6, 6.07) is 12.7. The fraction of sp³-hybridized carbons (Fsp3) is 0.294. The van der Waals surface area contributed by atoms with Crippen molar-refractivity contribution < 1.29 is 9.13 Å². The van der Waals surface area contributed by atoms with E-state index in [4.69, 9.17) is 4.74 Å². The van der Waals surface area contributed by atoms with Gasteiger partial charge in [-0.3, -0.25) is 0 Å². The summed E-state index contributed by atoms with van der Waals surface area (Å²) in [5, 5.41) is 3.39. The Labute approximate surface area is 145 Å². The van der Waals surface area contributed by atoms with Crippen LogP contribution >= 0.6 is 28.3 Å². The maximum Gasteiger partial charge on any atom is 0.133 e. The molecule has 2 aromatic rings. The minimum absolute atomic E-state index is 0. The number of rotatable bonds is 7. The molecule has 2 aromatic carbocycles. The molecule has 0 aliphatic rings. The van der Waals surface area contributed by atoms with Crippen molar-refractivity contribution in [1.29, 1.82) is 0 Å². The number of benzene rings is 2. The summed E-state index contributed by atoms with van der Waals surface area (Å²) in [6.07, 6.45) is 0.887. The lowest BCUT2D eigenvalue weighted by atomic mass is 10.1. The van der Waals surface area contributed by atoms with Crippen molar-refractivity contribution in [3.8, 4) is 5.75 Å². The zero-order chi connectivity index (χ0) is 15.1. The molecule has 0 bridgehead atoms. The average Bonchev–Trinajstić information content (AvgIpc) is 2.48. The highest BCUT2D eigenvalue weighted by Crippen LogP contribution is 2.25. The Kier molecular flexibility index (Phi) is 8.46. The number of hydrogen-bond donors (Lipinski definition) is 1. The van der Waals surface area contributed by atoms with E-state index in [-0.39, 0.29) is 18.2 Å². The second-order valence-electron chi connectivity index (χ2n) is 4.75. The normalized spacial score (nSPS) is 10.1. The van der Waals surface area contributed by atoms with Crippen molar-refractivity contribution in [1.82, 2.24) is 5.32 Å². The molecular formula is C17H20BrClFNO. The van der Waals surface area contributed by atoms with Crippen molar-refractivity contribution in [2.45, 2.75) is 19.9 Å². The molecule has 0 heterocycles. The van der Waals surface area contributed by atoms with Crippen LogP contribution in [0.15, 0.2) is 46.9 Å². The molecule has 0 atom stereocenters. The smallest absolute Gasteiger partial charge is 0.133 e. The fourth-order valence-electron chi connectivity index (χ4n) is 2.04. The molecule has 0 spiro atoms. The zero-order valence-electron chi connectivity index (χ0n) is 12.4. The lowest BCUT2D eigenvalue weighted by Crippen LogP contribution is -2.16. The Bertz CT molecular complexity index is 577. The molecule has 0 saturated carbocycles. The predicted molar refractivity (Wildman–Crippen MR) is 94.4 cm³/mol. The van der Waals surface area contributed by atoms with Gasteiger partial charge >= 0.3 is 0 Å². The van der Waals surface area contributed by atoms with Crippen molar-refractivity contribution >= 4 is 28.3 Å². The third-order valence-corrected chi connectivity index (χ3v) is 3.75. The van der Waals surface area contributed by atoms with E-state index in [1.54, 1.807) is 0 Å². The SMILES string of the molecule is CCOc1ccc(CNCCc2ccc(F)cc2)cc1Br.Cl. The average molecular weight is 389 g/mol. The highest BCUT2D eigenvalue weighted by Gasteiger charge is 2.02. The van der Waals surface area contributed by atoms with Crippen LogP contribution in [-0.2, 0) is 13.0 Å². The van der Waals surface area contributed by atoms with Crippen LogP contribution in [0.5, 0.6) is 5.75 Å². The molecule has 0 radical (unpaired) electrons. The van der Waals surface area contributed by atoms with E-state index >= 15 is 0 Å². The summed E-state index contributed by atoms with van der Waals surface area (Å²) < 4.78 is 19.3. The Morgan fingerprint density at radius 1 is 1.09 bits per heavy atom. The highest BCUT2D eigenvalue weighted by molar-refractivity contribution is 9.10. The predicted octanol–water partition coefficient (Wildman–Crippen LogP) is 4.74. The molecule has 1 N–H and O–H groups in total. The van der Waals surface area contributed by atoms with E-state index in [1.165, 1.54) is 17.7 Å². The van der Waals surface area contributed by atoms with Crippen molar-refractivity contribution in [3.05, 3.63) is 63.9 Å². The van der Waals surface area contributed by atoms with Gasteiger partial charge in [0.2, 0.25) is 0 Å². The van der Waals surface area contributed by atoms with Crippen LogP contribution in [0.2, 0.25) is 0 Å². The van der Waals surface area contributed by atoms with Crippen LogP contribution in [0.1, 0.15) is 18.1 Å². The Morgan fingerprint density at radius 3 is 2.41 bits per heavy atom. The molecule has 2 nitrogen and oxygen atoms in total. The van der Waals surface area contributed by atoms with E-state index in [2.05, 4.69) is 33.4 Å². The van der Waals surface area contributed by atoms with Gasteiger partial charge in [0, 0.05) is 6.54 Å². The van der Waals surface area contributed by atoms with E-state index in [0.29, 0.717) is 6.61 Å². The summed E-state index contributed by atoms with van der Waals surface area (Å²) in [7, 11) is 0. The first kappa shape index (κ1) is 18.9. The van der Waals surface area contributed by atoms with Gasteiger partial charge in [0.1, 0.15) is 11.6 Å². The number of halogens is 3. The van der Waals surface area contributed by atoms with Crippen LogP contribution < -0.4 is 10.1 Å². The van der Waals surface area contributed by atoms with Gasteiger partial charge in [0.05, 0.1) is 11.1 Å². The molecule has 5 heteroatoms. The van der Waals surface area contributed by atoms with E-state index in [0.717, 1.165) is 35.3 Å². The number of ether oxygens (including phenoxy) is 1. The zero-order valence-corrected chi connectivity index (χ0v) is 14.8. The lowest BCUT2D eigenvalue weighted by molar-refractivity contribution is 0.338. The highest BCUT2D eigenvalue weighted by atomic mass is 79.9. The van der Waals surface area contributed by atoms with Crippen LogP contribution in [0.4, 0.5) is 4.39 Å². The first-order chi connectivity index (χ1) is 10.2. The Hall–Kier alpha value is -1.10. The third kappa shape index (κ3) is 5.95. The van der Waals surface area contributed by atoms with Gasteiger partial charge in [-0.25, -0.2) is 4.39 Å². The summed E-state index contributed by atoms with van der Waals surface area (Å²) in [4.78, 5) is 0. The molecule has 0 amide bonds. The van der Waals surface area contributed by atoms with Crippen molar-refractivity contribution in [2.24, 2.45) is 0 Å². The maximum absolute atomic E-state index is 12.8. The molecule has 0 aliphatic carbocycles. The second-order valence-corrected chi connectivity index (χ2v) is 5.61. The molecule has 0 saturated heterocycles. The third-order valence-electron chi connectivity index (χ3n) is 3.13. The molecule has 0 unspecified atom stereocenters. The minimum Gasteiger partial charge on any atom is -0.493 e. The monoisotopic (exact) mass is 387 g/mol. The standard InChI is InChI=1S/C17H19BrFNO.ClH/c1-2-21-17-8-5-14(11-16(17)18)12-20-10-9-13-3-6-15(19)7-4-13;/h3-8,11,20H,2,9-10,12H2,1H3;1H. The Morgan fingerprint density at radius 2 is 1.77 bits per heavy atom. The lowest BCUT2D eigenvalue weighted by Gasteiger charge is -2.09. The maximum atomic E-state index is 12.8. The molecule has 22 heavy (non-hydrogen) atoms. The van der Waals surface area contributed by atoms with Gasteiger partial charge in [-0.05, 0) is 71.2 Å². The minimum atomic E-state index is -0.189. The topological polar surface area (TPSA) is 21.3 Å². The van der Waals surface area contributed by atoms with Gasteiger partial charge in [0.15, 0.2) is 0 Å². The Balaban J connectivity index is 0.00000242. The van der Waals surface area contributed by atoms with Gasteiger partial charge in [-0.1, -0.05) is 18.2 Å². The molecule has 0 fully saturated rings. The van der Waals surface area contributed by atoms with E-state index < -0.39 is 0 Å². The summed E-state index contributed by atoms with van der Waals surface area (Å²) in [6.45, 7) is 4.29. The van der Waals surface area contributed by atoms with Crippen molar-refractivity contribution in [3.63, 3.8) is 0 Å². The van der Waals surface area contributed by atoms with Crippen molar-refractivity contribution in [2.75, 3.05) is 13.2 Å². The van der Waals surface area contributed by atoms with Crippen LogP contribution in [0.25, 0.3) is 0 Å². The number of hydrogen-bond acceptors (Lipinski definition) is 2. The van der Waals surface area contributed by atoms with Gasteiger partial charge in [0.25, 0.3) is 0 Å². The number of nitrogens with one attached hydrogen (secondary N) is 1. The molecule has 0 aromatic heterocycles. The van der Waals surface area contributed by atoms with E-state index in [1.807, 2.05) is 25.1 Å². The van der Waals surface area contributed by atoms with E-state index in [9.17, 15) is 4.39 Å². The van der Waals surface area contributed by atoms with Crippen LogP contribution in [0.3, 0.4) is 0 Å². The fourth-order valence-corrected chi connectivity index (χ4v) is 2.58. The molecular weight excluding hydrogens is 369 g/mol. The molecule has 0 aliphatic heterocycles. The quantitative estimate of drug-likeness (QED) is 0.692. The van der Waals surface area contributed by atoms with Crippen LogP contribution in [-0.4, -0.2) is 13.2 Å². The summed E-state index contributed by atoms with van der Waals surface area (Å²) in [5.41, 5.74) is 2.33. The van der Waals surface area contributed by atoms with Crippen LogP contribution in [0, 0.1) is 5.82 Å². The molecule has 2 rings (SSSR count). The second kappa shape index (κ2) is 9.82. The first-order valence-electron chi connectivity index (χ1n) is 7.05. The summed E-state index contributed by atoms with van der Waals surface area (Å²) in [5.74, 6) is 0.679. The summed E-state index contributed by atoms with van der Waals surface area (Å²) >= 11 is 3.51.